The molecular formula is C20H6F2N4S. The molecule has 0 bridgehead atoms. The third-order valence-electron chi connectivity index (χ3n) is 4.67. The van der Waals surface area contributed by atoms with Crippen LogP contribution in [0.25, 0.3) is 41.7 Å². The fraction of sp³-hybridized carbons (Fsp3) is 0. The molecule has 0 aliphatic carbocycles. The first kappa shape index (κ1) is 15.6. The summed E-state index contributed by atoms with van der Waals surface area (Å²) < 4.78 is 29.0. The quantitative estimate of drug-likeness (QED) is 0.381. The number of benzene rings is 2. The number of hydrogen-bond donors (Lipinski definition) is 0. The molecule has 4 nitrogen and oxygen atoms in total. The fourth-order valence-electron chi connectivity index (χ4n) is 3.71. The van der Waals surface area contributed by atoms with Crippen LogP contribution in [0.5, 0.6) is 0 Å². The molecule has 1 heterocycles. The number of thiophene rings is 1. The molecule has 0 fully saturated rings. The second kappa shape index (κ2) is 5.41. The lowest BCUT2D eigenvalue weighted by atomic mass is 10.1. The molecule has 0 unspecified atom stereocenters. The van der Waals surface area contributed by atoms with Gasteiger partial charge < -0.3 is 0 Å². The van der Waals surface area contributed by atoms with Crippen LogP contribution >= 0.6 is 11.3 Å². The molecule has 4 aromatic carbocycles. The number of rotatable bonds is 0. The summed E-state index contributed by atoms with van der Waals surface area (Å²) in [5.41, 5.74) is 0. The Labute approximate surface area is 153 Å². The number of fused-ring (bicyclic) bond motifs is 7. The number of nitrogens with zero attached hydrogens (tertiary/aromatic N) is 4. The van der Waals surface area contributed by atoms with Gasteiger partial charge in [-0.1, -0.05) is 12.1 Å². The van der Waals surface area contributed by atoms with Crippen molar-refractivity contribution in [2.45, 2.75) is 0 Å². The highest BCUT2D eigenvalue weighted by Crippen LogP contribution is 2.41. The predicted molar refractivity (Wildman–Crippen MR) is 99.0 cm³/mol. The first-order chi connectivity index (χ1) is 13.1. The van der Waals surface area contributed by atoms with E-state index in [-0.39, 0.29) is 0 Å². The third kappa shape index (κ3) is 1.97. The van der Waals surface area contributed by atoms with Crippen molar-refractivity contribution < 1.29 is 8.78 Å². The van der Waals surface area contributed by atoms with Gasteiger partial charge >= 0.3 is 0 Å². The van der Waals surface area contributed by atoms with E-state index in [2.05, 4.69) is 9.98 Å². The molecular weight excluding hydrogens is 366 g/mol. The predicted octanol–water partition coefficient (Wildman–Crippen LogP) is 4.28. The van der Waals surface area contributed by atoms with E-state index in [1.807, 2.05) is 0 Å². The first-order valence-electron chi connectivity index (χ1n) is 7.85. The van der Waals surface area contributed by atoms with Crippen molar-refractivity contribution in [1.29, 1.82) is 10.5 Å². The average molecular weight is 372 g/mol. The van der Waals surface area contributed by atoms with Gasteiger partial charge in [-0.3, -0.25) is 0 Å². The van der Waals surface area contributed by atoms with Gasteiger partial charge in [0.15, 0.2) is 0 Å². The molecule has 27 heavy (non-hydrogen) atoms. The van der Waals surface area contributed by atoms with E-state index in [1.165, 1.54) is 35.6 Å². The van der Waals surface area contributed by atoms with Gasteiger partial charge in [0.1, 0.15) is 22.3 Å². The standard InChI is InChI=1S/C20H6F2N4S/c21-9-1-3-11-13(5-9)17(25-7-23)19-15(11)16-12-4-2-10(22)6-14(12)18(26-8-24)20(16)27-19/h1-6H. The van der Waals surface area contributed by atoms with Crippen LogP contribution in [0.4, 0.5) is 8.78 Å². The Kier molecular flexibility index (Phi) is 3.12. The molecule has 5 rings (SSSR count). The molecule has 1 aromatic heterocycles. The molecule has 0 saturated carbocycles. The van der Waals surface area contributed by atoms with E-state index in [9.17, 15) is 8.78 Å². The van der Waals surface area contributed by atoms with Crippen molar-refractivity contribution >= 4 is 53.1 Å². The lowest BCUT2D eigenvalue weighted by Gasteiger charge is -1.94. The Morgan fingerprint density at radius 2 is 1.15 bits per heavy atom. The molecule has 0 amide bonds. The second-order valence-electron chi connectivity index (χ2n) is 6.01. The van der Waals surface area contributed by atoms with E-state index in [0.717, 1.165) is 30.9 Å². The van der Waals surface area contributed by atoms with Crippen LogP contribution in [0.2, 0.25) is 0 Å². The molecule has 0 N–H and O–H groups in total. The molecule has 0 spiro atoms. The third-order valence-corrected chi connectivity index (χ3v) is 5.88. The zero-order valence-corrected chi connectivity index (χ0v) is 14.2. The molecule has 0 atom stereocenters. The topological polar surface area (TPSA) is 72.3 Å². The monoisotopic (exact) mass is 372 g/mol. The molecule has 7 heteroatoms. The van der Waals surface area contributed by atoms with Crippen molar-refractivity contribution in [2.75, 3.05) is 0 Å². The Hall–Kier alpha value is -3.68. The minimum absolute atomic E-state index is 0.404. The maximum Gasteiger partial charge on any atom is 0.206 e. The summed E-state index contributed by atoms with van der Waals surface area (Å²) in [7, 11) is 0. The second-order valence-corrected chi connectivity index (χ2v) is 7.03. The van der Waals surface area contributed by atoms with Crippen molar-refractivity contribution in [2.24, 2.45) is 9.98 Å². The highest BCUT2D eigenvalue weighted by atomic mass is 32.1. The van der Waals surface area contributed by atoms with Crippen LogP contribution in [-0.2, 0) is 0 Å². The maximum atomic E-state index is 13.8. The zero-order chi connectivity index (χ0) is 18.7. The molecule has 5 aromatic rings. The lowest BCUT2D eigenvalue weighted by Crippen LogP contribution is -1.98. The van der Waals surface area contributed by atoms with Crippen molar-refractivity contribution in [3.63, 3.8) is 0 Å². The minimum atomic E-state index is -0.416. The normalized spacial score (nSPS) is 13.2. The van der Waals surface area contributed by atoms with Gasteiger partial charge in [-0.2, -0.15) is 20.5 Å². The first-order valence-corrected chi connectivity index (χ1v) is 8.67. The molecule has 126 valence electrons. The summed E-state index contributed by atoms with van der Waals surface area (Å²) in [4.78, 5) is 7.80. The van der Waals surface area contributed by atoms with E-state index in [1.54, 1.807) is 24.5 Å². The van der Waals surface area contributed by atoms with Gasteiger partial charge in [-0.05, 0) is 35.0 Å². The van der Waals surface area contributed by atoms with Crippen LogP contribution in [-0.4, -0.2) is 0 Å². The van der Waals surface area contributed by atoms with Gasteiger partial charge in [0, 0.05) is 21.5 Å². The number of hydrogen-bond acceptors (Lipinski definition) is 5. The Balaban J connectivity index is 2.18. The molecule has 0 aliphatic heterocycles. The van der Waals surface area contributed by atoms with Crippen molar-refractivity contribution in [3.8, 4) is 12.4 Å². The maximum absolute atomic E-state index is 13.8. The van der Waals surface area contributed by atoms with Gasteiger partial charge in [0.2, 0.25) is 12.4 Å². The molecule has 0 radical (unpaired) electrons. The van der Waals surface area contributed by atoms with E-state index in [4.69, 9.17) is 10.5 Å². The van der Waals surface area contributed by atoms with Crippen LogP contribution in [0, 0.1) is 34.5 Å². The van der Waals surface area contributed by atoms with E-state index < -0.39 is 11.6 Å². The van der Waals surface area contributed by atoms with Gasteiger partial charge in [-0.25, -0.2) is 8.78 Å². The summed E-state index contributed by atoms with van der Waals surface area (Å²) in [6.45, 7) is 0. The van der Waals surface area contributed by atoms with Crippen LogP contribution in [0.1, 0.15) is 0 Å². The summed E-state index contributed by atoms with van der Waals surface area (Å²) in [6.07, 6.45) is 3.56. The van der Waals surface area contributed by atoms with Gasteiger partial charge in [0.05, 0.1) is 9.40 Å². The largest absolute Gasteiger partial charge is 0.207 e. The minimum Gasteiger partial charge on any atom is -0.207 e. The van der Waals surface area contributed by atoms with Crippen molar-refractivity contribution in [1.82, 2.24) is 0 Å². The average Bonchev–Trinajstić information content (AvgIpc) is 3.24. The smallest absolute Gasteiger partial charge is 0.206 e. The highest BCUT2D eigenvalue weighted by Gasteiger charge is 2.21. The Morgan fingerprint density at radius 3 is 1.56 bits per heavy atom. The Bertz CT molecular complexity index is 1500. The lowest BCUT2D eigenvalue weighted by molar-refractivity contribution is 0.629. The SMILES string of the molecule is N#CN=c1c2cc(F)ccc2c2c1sc1c(=NC#N)c3cc(F)ccc3c12. The molecule has 0 aliphatic rings. The summed E-state index contributed by atoms with van der Waals surface area (Å²) in [5, 5.41) is 23.2. The number of nitriles is 2. The van der Waals surface area contributed by atoms with E-state index >= 15 is 0 Å². The molecule has 0 saturated heterocycles. The van der Waals surface area contributed by atoms with Crippen molar-refractivity contribution in [3.05, 3.63) is 58.7 Å². The van der Waals surface area contributed by atoms with Crippen LogP contribution < -0.4 is 10.7 Å². The summed E-state index contributed by atoms with van der Waals surface area (Å²) in [6, 6.07) is 8.72. The van der Waals surface area contributed by atoms with Gasteiger partial charge in [0.25, 0.3) is 0 Å². The number of halogens is 2. The summed E-state index contributed by atoms with van der Waals surface area (Å²) in [5.74, 6) is -0.833. The van der Waals surface area contributed by atoms with E-state index in [0.29, 0.717) is 21.5 Å². The summed E-state index contributed by atoms with van der Waals surface area (Å²) >= 11 is 1.32. The van der Waals surface area contributed by atoms with Crippen LogP contribution in [0.3, 0.4) is 0 Å². The Morgan fingerprint density at radius 1 is 0.704 bits per heavy atom. The highest BCUT2D eigenvalue weighted by molar-refractivity contribution is 7.26. The zero-order valence-electron chi connectivity index (χ0n) is 13.4. The van der Waals surface area contributed by atoms with Gasteiger partial charge in [-0.15, -0.1) is 11.3 Å². The van der Waals surface area contributed by atoms with Crippen LogP contribution in [0.15, 0.2) is 46.4 Å². The fourth-order valence-corrected chi connectivity index (χ4v) is 5.04.